The van der Waals surface area contributed by atoms with Gasteiger partial charge in [0.15, 0.2) is 5.82 Å². The third-order valence-electron chi connectivity index (χ3n) is 3.91. The number of hydrogen-bond donors (Lipinski definition) is 2. The Bertz CT molecular complexity index is 962. The van der Waals surface area contributed by atoms with Crippen molar-refractivity contribution < 1.29 is 5.11 Å². The summed E-state index contributed by atoms with van der Waals surface area (Å²) in [7, 11) is 0. The molecule has 0 unspecified atom stereocenters. The van der Waals surface area contributed by atoms with Gasteiger partial charge in [0.25, 0.3) is 0 Å². The second kappa shape index (κ2) is 6.64. The number of nitrogens with one attached hydrogen (secondary N) is 1. The van der Waals surface area contributed by atoms with Crippen molar-refractivity contribution in [1.82, 2.24) is 14.9 Å². The van der Waals surface area contributed by atoms with Gasteiger partial charge in [-0.05, 0) is 35.3 Å². The Balaban J connectivity index is 1.97. The molecule has 3 rings (SSSR count). The van der Waals surface area contributed by atoms with E-state index in [2.05, 4.69) is 48.2 Å². The minimum absolute atomic E-state index is 0.0895. The van der Waals surface area contributed by atoms with Gasteiger partial charge in [-0.2, -0.15) is 14.9 Å². The van der Waals surface area contributed by atoms with Gasteiger partial charge in [-0.1, -0.05) is 57.2 Å². The molecule has 5 nitrogen and oxygen atoms in total. The number of aromatic hydroxyl groups is 1. The fourth-order valence-electron chi connectivity index (χ4n) is 2.42. The first-order valence-electron chi connectivity index (χ1n) is 7.97. The molecule has 0 aliphatic carbocycles. The normalized spacial score (nSPS) is 12.0. The van der Waals surface area contributed by atoms with Gasteiger partial charge in [-0.15, -0.1) is 0 Å². The van der Waals surface area contributed by atoms with E-state index in [1.165, 1.54) is 5.56 Å². The fraction of sp³-hybridized carbons (Fsp3) is 0.211. The van der Waals surface area contributed by atoms with Crippen molar-refractivity contribution >= 4 is 18.4 Å². The molecule has 128 valence electrons. The first kappa shape index (κ1) is 17.1. The molecule has 0 aliphatic rings. The van der Waals surface area contributed by atoms with Gasteiger partial charge in [-0.3, -0.25) is 0 Å². The molecule has 0 aliphatic heterocycles. The highest BCUT2D eigenvalue weighted by molar-refractivity contribution is 7.71. The molecule has 0 saturated carbocycles. The Labute approximate surface area is 151 Å². The number of para-hydroxylation sites is 1. The van der Waals surface area contributed by atoms with Crippen LogP contribution in [-0.2, 0) is 5.41 Å². The largest absolute Gasteiger partial charge is 0.507 e. The maximum atomic E-state index is 9.85. The predicted molar refractivity (Wildman–Crippen MR) is 103 cm³/mol. The number of H-pyrrole nitrogens is 1. The number of phenolic OH excluding ortho intramolecular Hbond substituents is 1. The number of benzene rings is 2. The fourth-order valence-corrected chi connectivity index (χ4v) is 2.60. The van der Waals surface area contributed by atoms with Gasteiger partial charge in [0.1, 0.15) is 5.75 Å². The number of phenols is 1. The minimum Gasteiger partial charge on any atom is -0.507 e. The molecule has 0 amide bonds. The summed E-state index contributed by atoms with van der Waals surface area (Å²) in [4.78, 5) is 0. The quantitative estimate of drug-likeness (QED) is 0.539. The lowest BCUT2D eigenvalue weighted by Crippen LogP contribution is -2.10. The number of nitrogens with zero attached hydrogens (tertiary/aromatic N) is 3. The molecule has 25 heavy (non-hydrogen) atoms. The zero-order valence-corrected chi connectivity index (χ0v) is 15.2. The molecule has 3 aromatic rings. The van der Waals surface area contributed by atoms with Crippen LogP contribution in [0.4, 0.5) is 0 Å². The Morgan fingerprint density at radius 3 is 2.44 bits per heavy atom. The smallest absolute Gasteiger partial charge is 0.216 e. The number of aromatic nitrogens is 3. The first-order valence-corrected chi connectivity index (χ1v) is 8.38. The van der Waals surface area contributed by atoms with E-state index in [9.17, 15) is 5.11 Å². The Kier molecular flexibility index (Phi) is 4.55. The van der Waals surface area contributed by atoms with Crippen LogP contribution in [0.5, 0.6) is 5.75 Å². The van der Waals surface area contributed by atoms with Crippen LogP contribution in [0.1, 0.15) is 31.9 Å². The number of rotatable bonds is 3. The summed E-state index contributed by atoms with van der Waals surface area (Å²) in [6, 6.07) is 15.2. The van der Waals surface area contributed by atoms with Gasteiger partial charge < -0.3 is 5.11 Å². The molecule has 2 N–H and O–H groups in total. The summed E-state index contributed by atoms with van der Waals surface area (Å²) < 4.78 is 1.94. The van der Waals surface area contributed by atoms with Gasteiger partial charge in [0.05, 0.1) is 6.21 Å². The summed E-state index contributed by atoms with van der Waals surface area (Å²) in [5.74, 6) is 0.787. The van der Waals surface area contributed by atoms with Crippen molar-refractivity contribution in [3.8, 4) is 17.1 Å². The second-order valence-electron chi connectivity index (χ2n) is 6.79. The summed E-state index contributed by atoms with van der Waals surface area (Å²) in [5.41, 5.74) is 2.86. The van der Waals surface area contributed by atoms with Crippen LogP contribution in [0.25, 0.3) is 11.4 Å². The second-order valence-corrected chi connectivity index (χ2v) is 7.18. The minimum atomic E-state index is 0.0895. The molecule has 0 atom stereocenters. The van der Waals surface area contributed by atoms with Crippen LogP contribution in [0.2, 0.25) is 0 Å². The lowest BCUT2D eigenvalue weighted by atomic mass is 9.87. The maximum absolute atomic E-state index is 9.85. The highest BCUT2D eigenvalue weighted by atomic mass is 32.1. The molecule has 0 saturated heterocycles. The highest BCUT2D eigenvalue weighted by Gasteiger charge is 2.14. The van der Waals surface area contributed by atoms with Crippen LogP contribution in [0.3, 0.4) is 0 Å². The molecule has 0 spiro atoms. The molecule has 1 heterocycles. The average Bonchev–Trinajstić information content (AvgIpc) is 2.94. The van der Waals surface area contributed by atoms with E-state index in [-0.39, 0.29) is 11.2 Å². The lowest BCUT2D eigenvalue weighted by Gasteiger charge is -2.18. The molecular formula is C19H20N4OS. The zero-order valence-electron chi connectivity index (χ0n) is 14.4. The highest BCUT2D eigenvalue weighted by Crippen LogP contribution is 2.25. The molecule has 1 aromatic heterocycles. The first-order chi connectivity index (χ1) is 11.9. The van der Waals surface area contributed by atoms with E-state index in [0.717, 1.165) is 5.56 Å². The topological polar surface area (TPSA) is 66.2 Å². The molecular weight excluding hydrogens is 332 g/mol. The van der Waals surface area contributed by atoms with E-state index in [4.69, 9.17) is 12.2 Å². The van der Waals surface area contributed by atoms with Crippen molar-refractivity contribution in [1.29, 1.82) is 0 Å². The van der Waals surface area contributed by atoms with Gasteiger partial charge >= 0.3 is 0 Å². The summed E-state index contributed by atoms with van der Waals surface area (Å²) in [6.07, 6.45) is 1.56. The van der Waals surface area contributed by atoms with Crippen molar-refractivity contribution in [2.45, 2.75) is 26.2 Å². The SMILES string of the molecule is CC(C)(C)c1ccc(-c2n[nH]c(=S)n2/N=C/c2ccccc2O)cc1. The molecule has 0 fully saturated rings. The third-order valence-corrected chi connectivity index (χ3v) is 4.17. The number of hydrogen-bond acceptors (Lipinski definition) is 4. The van der Waals surface area contributed by atoms with Gasteiger partial charge in [0, 0.05) is 11.1 Å². The third kappa shape index (κ3) is 3.69. The summed E-state index contributed by atoms with van der Waals surface area (Å²) >= 11 is 5.27. The van der Waals surface area contributed by atoms with E-state index >= 15 is 0 Å². The lowest BCUT2D eigenvalue weighted by molar-refractivity contribution is 0.474. The van der Waals surface area contributed by atoms with Crippen LogP contribution in [-0.4, -0.2) is 26.2 Å². The maximum Gasteiger partial charge on any atom is 0.216 e. The standard InChI is InChI=1S/C19H20N4OS/c1-19(2,3)15-10-8-13(9-11-15)17-21-22-18(25)23(17)20-12-14-6-4-5-7-16(14)24/h4-12,24H,1-3H3,(H,22,25)/b20-12+. The van der Waals surface area contributed by atoms with Crippen LogP contribution in [0, 0.1) is 4.77 Å². The van der Waals surface area contributed by atoms with Crippen molar-refractivity contribution in [3.05, 3.63) is 64.4 Å². The monoisotopic (exact) mass is 352 g/mol. The Hall–Kier alpha value is -2.73. The van der Waals surface area contributed by atoms with Crippen LogP contribution in [0.15, 0.2) is 53.6 Å². The average molecular weight is 352 g/mol. The van der Waals surface area contributed by atoms with E-state index < -0.39 is 0 Å². The summed E-state index contributed by atoms with van der Waals surface area (Å²) in [5, 5.41) is 21.3. The van der Waals surface area contributed by atoms with Gasteiger partial charge in [-0.25, -0.2) is 5.10 Å². The molecule has 6 heteroatoms. The van der Waals surface area contributed by atoms with Crippen molar-refractivity contribution in [2.75, 3.05) is 0 Å². The van der Waals surface area contributed by atoms with E-state index in [1.54, 1.807) is 29.1 Å². The Morgan fingerprint density at radius 2 is 1.80 bits per heavy atom. The molecule has 0 bridgehead atoms. The Morgan fingerprint density at radius 1 is 1.12 bits per heavy atom. The van der Waals surface area contributed by atoms with Crippen molar-refractivity contribution in [2.24, 2.45) is 5.10 Å². The van der Waals surface area contributed by atoms with Crippen LogP contribution < -0.4 is 0 Å². The van der Waals surface area contributed by atoms with Gasteiger partial charge in [0.2, 0.25) is 4.77 Å². The predicted octanol–water partition coefficient (Wildman–Crippen LogP) is 4.49. The van der Waals surface area contributed by atoms with Crippen LogP contribution >= 0.6 is 12.2 Å². The summed E-state index contributed by atoms with van der Waals surface area (Å²) in [6.45, 7) is 6.53. The molecule has 2 aromatic carbocycles. The van der Waals surface area contributed by atoms with E-state index in [1.807, 2.05) is 18.2 Å². The zero-order chi connectivity index (χ0) is 18.0. The number of aromatic amines is 1. The van der Waals surface area contributed by atoms with Crippen molar-refractivity contribution in [3.63, 3.8) is 0 Å². The van der Waals surface area contributed by atoms with E-state index in [0.29, 0.717) is 16.2 Å². The molecule has 0 radical (unpaired) electrons.